The molecule has 0 radical (unpaired) electrons. The van der Waals surface area contributed by atoms with Crippen molar-refractivity contribution < 1.29 is 14.3 Å². The van der Waals surface area contributed by atoms with Gasteiger partial charge in [0.05, 0.1) is 7.11 Å². The molecule has 1 aromatic heterocycles. The number of carbonyl (C=O) groups excluding carboxylic acids is 1. The lowest BCUT2D eigenvalue weighted by atomic mass is 9.87. The van der Waals surface area contributed by atoms with Crippen LogP contribution in [0.4, 0.5) is 5.95 Å². The third-order valence-corrected chi connectivity index (χ3v) is 7.41. The number of nitrogens with one attached hydrogen (secondary N) is 1. The van der Waals surface area contributed by atoms with Gasteiger partial charge in [0.25, 0.3) is 0 Å². The van der Waals surface area contributed by atoms with Crippen molar-refractivity contribution in [3.8, 4) is 11.5 Å². The molecule has 0 bridgehead atoms. The Labute approximate surface area is 223 Å². The van der Waals surface area contributed by atoms with E-state index in [1.54, 1.807) is 30.5 Å². The standard InChI is InChI=1S/C29H36N4O3S/c1-8-15-37-28-31-27-30-18(2)25(19(3)34)26(33(27)32-28)21-11-14-23(24(16-21)35-7)36-17-20-9-12-22(13-10-20)29(4,5)6/h9-14,16,26H,8,15,17H2,1-7H3,(H,30,31,32). The van der Waals surface area contributed by atoms with Gasteiger partial charge in [-0.15, -0.1) is 5.10 Å². The van der Waals surface area contributed by atoms with Crippen LogP contribution in [0.2, 0.25) is 0 Å². The van der Waals surface area contributed by atoms with Crippen LogP contribution in [0.5, 0.6) is 11.5 Å². The predicted molar refractivity (Wildman–Crippen MR) is 149 cm³/mol. The van der Waals surface area contributed by atoms with E-state index in [0.29, 0.717) is 34.8 Å². The lowest BCUT2D eigenvalue weighted by molar-refractivity contribution is -0.114. The zero-order valence-corrected chi connectivity index (χ0v) is 23.5. The minimum absolute atomic E-state index is 0.0168. The van der Waals surface area contributed by atoms with E-state index in [4.69, 9.17) is 14.6 Å². The molecule has 7 nitrogen and oxygen atoms in total. The van der Waals surface area contributed by atoms with Gasteiger partial charge in [0.15, 0.2) is 17.3 Å². The van der Waals surface area contributed by atoms with Gasteiger partial charge in [-0.25, -0.2) is 4.68 Å². The van der Waals surface area contributed by atoms with E-state index in [1.165, 1.54) is 5.56 Å². The van der Waals surface area contributed by atoms with Crippen molar-refractivity contribution in [2.45, 2.75) is 71.2 Å². The molecule has 0 spiro atoms. The van der Waals surface area contributed by atoms with Crippen molar-refractivity contribution in [3.63, 3.8) is 0 Å². The van der Waals surface area contributed by atoms with E-state index in [1.807, 2.05) is 25.1 Å². The Hall–Kier alpha value is -3.26. The maximum absolute atomic E-state index is 12.7. The normalized spacial score (nSPS) is 15.3. The number of rotatable bonds is 9. The molecule has 37 heavy (non-hydrogen) atoms. The number of fused-ring (bicyclic) bond motifs is 1. The fraction of sp³-hybridized carbons (Fsp3) is 0.414. The lowest BCUT2D eigenvalue weighted by Crippen LogP contribution is -2.27. The molecule has 196 valence electrons. The highest BCUT2D eigenvalue weighted by Gasteiger charge is 2.33. The number of allylic oxidation sites excluding steroid dienone is 2. The van der Waals surface area contributed by atoms with Crippen LogP contribution < -0.4 is 14.8 Å². The van der Waals surface area contributed by atoms with Crippen molar-refractivity contribution >= 4 is 23.5 Å². The number of Topliss-reactive ketones (excluding diaryl/α,β-unsaturated/α-hetero) is 1. The molecule has 4 rings (SSSR count). The minimum atomic E-state index is -0.412. The SMILES string of the molecule is CCCSc1nc2n(n1)C(c1ccc(OCc3ccc(C(C)(C)C)cc3)c(OC)c1)C(C(C)=O)=C(C)N2. The van der Waals surface area contributed by atoms with Crippen LogP contribution in [-0.2, 0) is 16.8 Å². The largest absolute Gasteiger partial charge is 0.493 e. The molecule has 0 amide bonds. The second-order valence-corrected chi connectivity index (χ2v) is 11.3. The van der Waals surface area contributed by atoms with Gasteiger partial charge in [-0.1, -0.05) is 69.8 Å². The van der Waals surface area contributed by atoms with Crippen molar-refractivity contribution in [2.24, 2.45) is 0 Å². The number of carbonyl (C=O) groups is 1. The van der Waals surface area contributed by atoms with E-state index < -0.39 is 6.04 Å². The Morgan fingerprint density at radius 2 is 1.86 bits per heavy atom. The Kier molecular flexibility index (Phi) is 7.97. The second kappa shape index (κ2) is 11.0. The number of ether oxygens (including phenoxy) is 2. The molecule has 1 N–H and O–H groups in total. The minimum Gasteiger partial charge on any atom is -0.493 e. The highest BCUT2D eigenvalue weighted by Crippen LogP contribution is 2.40. The number of thioether (sulfide) groups is 1. The Balaban J connectivity index is 1.63. The first-order chi connectivity index (χ1) is 17.6. The van der Waals surface area contributed by atoms with Crippen LogP contribution in [0.1, 0.15) is 70.7 Å². The third-order valence-electron chi connectivity index (χ3n) is 6.37. The molecular weight excluding hydrogens is 484 g/mol. The van der Waals surface area contributed by atoms with Gasteiger partial charge in [-0.2, -0.15) is 4.98 Å². The summed E-state index contributed by atoms with van der Waals surface area (Å²) in [5.41, 5.74) is 4.79. The number of aromatic nitrogens is 3. The third kappa shape index (κ3) is 5.85. The van der Waals surface area contributed by atoms with Gasteiger partial charge >= 0.3 is 0 Å². The average Bonchev–Trinajstić information content (AvgIpc) is 3.27. The van der Waals surface area contributed by atoms with Crippen molar-refractivity contribution in [3.05, 3.63) is 70.4 Å². The first-order valence-corrected chi connectivity index (χ1v) is 13.6. The summed E-state index contributed by atoms with van der Waals surface area (Å²) in [6.07, 6.45) is 1.03. The molecule has 0 fully saturated rings. The van der Waals surface area contributed by atoms with Gasteiger partial charge in [-0.3, -0.25) is 4.79 Å². The summed E-state index contributed by atoms with van der Waals surface area (Å²) in [6, 6.07) is 13.9. The Morgan fingerprint density at radius 3 is 2.49 bits per heavy atom. The lowest BCUT2D eigenvalue weighted by Gasteiger charge is -2.28. The first-order valence-electron chi connectivity index (χ1n) is 12.6. The maximum atomic E-state index is 12.7. The van der Waals surface area contributed by atoms with Gasteiger partial charge < -0.3 is 14.8 Å². The molecular formula is C29H36N4O3S. The fourth-order valence-corrected chi connectivity index (χ4v) is 5.07. The quantitative estimate of drug-likeness (QED) is 0.321. The van der Waals surface area contributed by atoms with Gasteiger partial charge in [0.1, 0.15) is 12.6 Å². The van der Waals surface area contributed by atoms with Gasteiger partial charge in [-0.05, 0) is 54.5 Å². The highest BCUT2D eigenvalue weighted by molar-refractivity contribution is 7.99. The Bertz CT molecular complexity index is 1310. The molecule has 1 aliphatic heterocycles. The molecule has 0 aliphatic carbocycles. The second-order valence-electron chi connectivity index (χ2n) is 10.3. The summed E-state index contributed by atoms with van der Waals surface area (Å²) in [5.74, 6) is 2.79. The topological polar surface area (TPSA) is 78.3 Å². The summed E-state index contributed by atoms with van der Waals surface area (Å²) >= 11 is 1.61. The molecule has 2 aromatic carbocycles. The van der Waals surface area contributed by atoms with E-state index >= 15 is 0 Å². The van der Waals surface area contributed by atoms with Crippen LogP contribution in [0.25, 0.3) is 0 Å². The number of hydrogen-bond acceptors (Lipinski definition) is 7. The van der Waals surface area contributed by atoms with Crippen molar-refractivity contribution in [1.82, 2.24) is 14.8 Å². The molecule has 3 aromatic rings. The van der Waals surface area contributed by atoms with E-state index in [0.717, 1.165) is 29.0 Å². The van der Waals surface area contributed by atoms with Crippen LogP contribution in [0.3, 0.4) is 0 Å². The van der Waals surface area contributed by atoms with E-state index in [9.17, 15) is 4.79 Å². The summed E-state index contributed by atoms with van der Waals surface area (Å²) in [5, 5.41) is 8.69. The molecule has 1 atom stereocenters. The van der Waals surface area contributed by atoms with Crippen LogP contribution in [0, 0.1) is 0 Å². The van der Waals surface area contributed by atoms with Crippen LogP contribution in [0.15, 0.2) is 58.9 Å². The molecule has 2 heterocycles. The average molecular weight is 521 g/mol. The fourth-order valence-electron chi connectivity index (χ4n) is 4.39. The number of hydrogen-bond donors (Lipinski definition) is 1. The van der Waals surface area contributed by atoms with Crippen molar-refractivity contribution in [2.75, 3.05) is 18.2 Å². The van der Waals surface area contributed by atoms with Crippen LogP contribution >= 0.6 is 11.8 Å². The number of benzene rings is 2. The molecule has 1 aliphatic rings. The zero-order chi connectivity index (χ0) is 26.7. The smallest absolute Gasteiger partial charge is 0.227 e. The van der Waals surface area contributed by atoms with Gasteiger partial charge in [0.2, 0.25) is 11.1 Å². The highest BCUT2D eigenvalue weighted by atomic mass is 32.2. The number of methoxy groups -OCH3 is 1. The van der Waals surface area contributed by atoms with E-state index in [-0.39, 0.29) is 11.2 Å². The number of ketones is 1. The molecule has 1 unspecified atom stereocenters. The summed E-state index contributed by atoms with van der Waals surface area (Å²) in [4.78, 5) is 17.4. The number of anilines is 1. The molecule has 0 saturated heterocycles. The predicted octanol–water partition coefficient (Wildman–Crippen LogP) is 6.54. The number of nitrogens with zero attached hydrogens (tertiary/aromatic N) is 3. The van der Waals surface area contributed by atoms with Gasteiger partial charge in [0, 0.05) is 17.0 Å². The molecule has 0 saturated carbocycles. The zero-order valence-electron chi connectivity index (χ0n) is 22.7. The molecule has 8 heteroatoms. The summed E-state index contributed by atoms with van der Waals surface area (Å²) < 4.78 is 13.6. The first kappa shape index (κ1) is 26.8. The maximum Gasteiger partial charge on any atom is 0.227 e. The van der Waals surface area contributed by atoms with E-state index in [2.05, 4.69) is 62.3 Å². The van der Waals surface area contributed by atoms with Crippen LogP contribution in [-0.4, -0.2) is 33.4 Å². The summed E-state index contributed by atoms with van der Waals surface area (Å²) in [7, 11) is 1.62. The monoisotopic (exact) mass is 520 g/mol. The summed E-state index contributed by atoms with van der Waals surface area (Å²) in [6.45, 7) is 12.6. The Morgan fingerprint density at radius 1 is 1.14 bits per heavy atom. The van der Waals surface area contributed by atoms with Crippen molar-refractivity contribution in [1.29, 1.82) is 0 Å².